The molecule has 0 atom stereocenters. The molecule has 54 heavy (non-hydrogen) atoms. The number of aromatic nitrogens is 3. The molecule has 0 radical (unpaired) electrons. The van der Waals surface area contributed by atoms with Gasteiger partial charge in [0.25, 0.3) is 0 Å². The Balaban J connectivity index is 1.11. The highest BCUT2D eigenvalue weighted by atomic mass is 15.3. The van der Waals surface area contributed by atoms with E-state index in [1.165, 1.54) is 22.3 Å². The standard InChI is InChI=1S/C45H33B3N6/c1-5-16-34(17-6-1)40-26-29-53-47(32-40)52-28-14-13-27-46(52)54-42(31-41(33-48(53)54)35-18-7-2-8-19-35)38-24-15-25-39(30-38)45-50-43(36-20-9-3-10-21-36)49-44(51-45)37-22-11-4-12-23-37/h1-33H. The molecule has 0 bridgehead atoms. The van der Waals surface area contributed by atoms with Crippen molar-refractivity contribution in [1.29, 1.82) is 0 Å². The third-order valence-corrected chi connectivity index (χ3v) is 10.4. The number of rotatable bonds is 6. The van der Waals surface area contributed by atoms with Crippen LogP contribution in [0.4, 0.5) is 0 Å². The molecule has 0 N–H and O–H groups in total. The lowest BCUT2D eigenvalue weighted by Crippen LogP contribution is -2.74. The second-order valence-electron chi connectivity index (χ2n) is 13.7. The molecule has 1 saturated heterocycles. The maximum Gasteiger partial charge on any atom is 0.381 e. The van der Waals surface area contributed by atoms with Gasteiger partial charge in [-0.3, -0.25) is 0 Å². The Hall–Kier alpha value is -6.86. The van der Waals surface area contributed by atoms with E-state index in [2.05, 4.69) is 154 Å². The van der Waals surface area contributed by atoms with Crippen LogP contribution in [-0.4, -0.2) is 50.1 Å². The van der Waals surface area contributed by atoms with Gasteiger partial charge in [0.15, 0.2) is 17.5 Å². The van der Waals surface area contributed by atoms with E-state index in [4.69, 9.17) is 15.0 Å². The van der Waals surface area contributed by atoms with Crippen molar-refractivity contribution in [1.82, 2.24) is 29.1 Å². The quantitative estimate of drug-likeness (QED) is 0.163. The number of benzene rings is 5. The van der Waals surface area contributed by atoms with Crippen LogP contribution in [0.2, 0.25) is 0 Å². The van der Waals surface area contributed by atoms with Gasteiger partial charge in [-0.05, 0) is 64.5 Å². The molecule has 6 aromatic rings. The van der Waals surface area contributed by atoms with Crippen molar-refractivity contribution >= 4 is 37.8 Å². The Labute approximate surface area is 316 Å². The van der Waals surface area contributed by atoms with E-state index < -0.39 is 0 Å². The molecule has 0 saturated carbocycles. The summed E-state index contributed by atoms with van der Waals surface area (Å²) in [6, 6.07) is 50.3. The highest BCUT2D eigenvalue weighted by molar-refractivity contribution is 6.93. The van der Waals surface area contributed by atoms with Crippen molar-refractivity contribution in [2.75, 3.05) is 0 Å². The van der Waals surface area contributed by atoms with Gasteiger partial charge < -0.3 is 14.2 Å². The van der Waals surface area contributed by atoms with Crippen molar-refractivity contribution in [2.24, 2.45) is 0 Å². The van der Waals surface area contributed by atoms with E-state index in [1.807, 2.05) is 60.7 Å². The van der Waals surface area contributed by atoms with Gasteiger partial charge in [-0.15, -0.1) is 0 Å². The average molecular weight is 690 g/mol. The molecule has 9 heteroatoms. The molecule has 6 nitrogen and oxygen atoms in total. The van der Waals surface area contributed by atoms with Crippen LogP contribution in [0.5, 0.6) is 0 Å². The molecule has 1 fully saturated rings. The molecule has 252 valence electrons. The lowest BCUT2D eigenvalue weighted by molar-refractivity contribution is 0.633. The minimum atomic E-state index is -0.0531. The zero-order chi connectivity index (χ0) is 35.8. The summed E-state index contributed by atoms with van der Waals surface area (Å²) in [5.41, 5.74) is 9.85. The Morgan fingerprint density at radius 3 is 1.54 bits per heavy atom. The number of hydrogen-bond acceptors (Lipinski definition) is 6. The summed E-state index contributed by atoms with van der Waals surface area (Å²) in [6.07, 6.45) is 13.4. The zero-order valence-electron chi connectivity index (χ0n) is 29.5. The number of allylic oxidation sites excluding steroid dienone is 6. The maximum absolute atomic E-state index is 5.06. The van der Waals surface area contributed by atoms with Gasteiger partial charge in [-0.2, -0.15) is 0 Å². The van der Waals surface area contributed by atoms with Crippen LogP contribution in [0.1, 0.15) is 16.7 Å². The first-order chi connectivity index (χ1) is 26.8. The molecule has 5 aromatic carbocycles. The molecule has 0 spiro atoms. The second kappa shape index (κ2) is 13.6. The van der Waals surface area contributed by atoms with E-state index >= 15 is 0 Å². The monoisotopic (exact) mass is 690 g/mol. The van der Waals surface area contributed by atoms with E-state index in [-0.39, 0.29) is 20.9 Å². The highest BCUT2D eigenvalue weighted by Gasteiger charge is 2.52. The van der Waals surface area contributed by atoms with Gasteiger partial charge in [0, 0.05) is 22.4 Å². The van der Waals surface area contributed by atoms with Crippen LogP contribution in [0.15, 0.2) is 200 Å². The topological polar surface area (TPSA) is 48.4 Å². The third kappa shape index (κ3) is 5.80. The maximum atomic E-state index is 5.06. The van der Waals surface area contributed by atoms with Crippen molar-refractivity contribution in [2.45, 2.75) is 0 Å². The Morgan fingerprint density at radius 2 is 0.907 bits per heavy atom. The van der Waals surface area contributed by atoms with E-state index in [9.17, 15) is 0 Å². The first-order valence-electron chi connectivity index (χ1n) is 18.4. The molecular formula is C45H33B3N6. The van der Waals surface area contributed by atoms with Crippen LogP contribution in [0.3, 0.4) is 0 Å². The highest BCUT2D eigenvalue weighted by Crippen LogP contribution is 2.40. The smallest absolute Gasteiger partial charge is 0.381 e. The van der Waals surface area contributed by atoms with Crippen molar-refractivity contribution < 1.29 is 0 Å². The molecule has 0 amide bonds. The van der Waals surface area contributed by atoms with Gasteiger partial charge in [-0.25, -0.2) is 15.0 Å². The minimum Gasteiger partial charge on any atom is -0.423 e. The van der Waals surface area contributed by atoms with E-state index in [0.717, 1.165) is 28.0 Å². The Morgan fingerprint density at radius 1 is 0.407 bits per heavy atom. The molecule has 1 aromatic heterocycles. The van der Waals surface area contributed by atoms with Crippen LogP contribution >= 0.6 is 0 Å². The van der Waals surface area contributed by atoms with Crippen molar-refractivity contribution in [3.05, 3.63) is 217 Å². The summed E-state index contributed by atoms with van der Waals surface area (Å²) >= 11 is 0. The first-order valence-corrected chi connectivity index (χ1v) is 18.4. The normalized spacial score (nSPS) is 15.7. The van der Waals surface area contributed by atoms with Gasteiger partial charge >= 0.3 is 20.9 Å². The molecule has 0 aliphatic carbocycles. The van der Waals surface area contributed by atoms with Gasteiger partial charge in [0.05, 0.1) is 0 Å². The lowest BCUT2D eigenvalue weighted by atomic mass is 9.40. The predicted octanol–water partition coefficient (Wildman–Crippen LogP) is 9.01. The third-order valence-electron chi connectivity index (χ3n) is 10.4. The van der Waals surface area contributed by atoms with Gasteiger partial charge in [0.2, 0.25) is 0 Å². The van der Waals surface area contributed by atoms with Crippen molar-refractivity contribution in [3.8, 4) is 34.2 Å². The van der Waals surface area contributed by atoms with Crippen LogP contribution in [0, 0.1) is 0 Å². The Kier molecular flexibility index (Phi) is 8.02. The summed E-state index contributed by atoms with van der Waals surface area (Å²) in [5.74, 6) is 9.04. The second-order valence-corrected chi connectivity index (χ2v) is 13.7. The predicted molar refractivity (Wildman–Crippen MR) is 223 cm³/mol. The SMILES string of the molecule is C1=CB2N(C=C1)B1C=C(c3ccccc3)C=CN1B1C=C(c3ccccc3)C=C(c3cccc(-c4nc(-c5ccccc5)nc(-c5ccccc5)n4)c3)N21. The van der Waals surface area contributed by atoms with Crippen LogP contribution in [0.25, 0.3) is 51.0 Å². The molecule has 4 aliphatic rings. The minimum absolute atomic E-state index is 0.0176. The number of nitrogens with zero attached hydrogens (tertiary/aromatic N) is 6. The van der Waals surface area contributed by atoms with Crippen molar-refractivity contribution in [3.63, 3.8) is 0 Å². The molecule has 5 heterocycles. The molecule has 10 rings (SSSR count). The summed E-state index contributed by atoms with van der Waals surface area (Å²) < 4.78 is 7.45. The number of hydrogen-bond donors (Lipinski definition) is 0. The summed E-state index contributed by atoms with van der Waals surface area (Å²) in [5, 5.41) is 0. The summed E-state index contributed by atoms with van der Waals surface area (Å²) in [4.78, 5) is 15.1. The zero-order valence-corrected chi connectivity index (χ0v) is 29.5. The van der Waals surface area contributed by atoms with Crippen LogP contribution < -0.4 is 0 Å². The average Bonchev–Trinajstić information content (AvgIpc) is 3.27. The number of fused-ring (bicyclic) bond motifs is 6. The fourth-order valence-corrected chi connectivity index (χ4v) is 7.83. The van der Waals surface area contributed by atoms with E-state index in [1.54, 1.807) is 0 Å². The van der Waals surface area contributed by atoms with Gasteiger partial charge in [0.1, 0.15) is 0 Å². The lowest BCUT2D eigenvalue weighted by Gasteiger charge is -2.55. The largest absolute Gasteiger partial charge is 0.423 e. The molecular weight excluding hydrogens is 657 g/mol. The van der Waals surface area contributed by atoms with Crippen LogP contribution in [-0.2, 0) is 0 Å². The first kappa shape index (κ1) is 31.8. The Bertz CT molecular complexity index is 2480. The summed E-state index contributed by atoms with van der Waals surface area (Å²) in [6.45, 7) is -0.0479. The fourth-order valence-electron chi connectivity index (χ4n) is 7.83. The fraction of sp³-hybridized carbons (Fsp3) is 0. The summed E-state index contributed by atoms with van der Waals surface area (Å²) in [7, 11) is 0. The molecule has 4 aliphatic heterocycles. The van der Waals surface area contributed by atoms with E-state index in [0.29, 0.717) is 17.5 Å². The van der Waals surface area contributed by atoms with Gasteiger partial charge in [-0.1, -0.05) is 164 Å². The molecule has 0 unspecified atom stereocenters.